The molecule has 1 atom stereocenters. The molecule has 334 valence electrons. The number of nitriles is 1. The number of benzene rings is 6. The maximum atomic E-state index is 12.2. The Morgan fingerprint density at radius 1 is 0.493 bits per heavy atom. The number of hydrogen-bond donors (Lipinski definition) is 0. The van der Waals surface area contributed by atoms with Crippen molar-refractivity contribution in [1.82, 2.24) is 19.5 Å². The third-order valence-corrected chi connectivity index (χ3v) is 14.3. The van der Waals surface area contributed by atoms with Crippen molar-refractivity contribution in [3.63, 3.8) is 0 Å². The number of hydrogen-bond acceptors (Lipinski definition) is 4. The second-order valence-corrected chi connectivity index (χ2v) is 22.9. The Bertz CT molecular complexity index is 3190. The lowest BCUT2D eigenvalue weighted by Gasteiger charge is -2.35. The van der Waals surface area contributed by atoms with Gasteiger partial charge in [-0.25, -0.2) is 15.0 Å². The highest BCUT2D eigenvalue weighted by atomic mass is 15.1. The first-order chi connectivity index (χ1) is 31.7. The Kier molecular flexibility index (Phi) is 10.1. The van der Waals surface area contributed by atoms with Crippen LogP contribution in [-0.4, -0.2) is 19.5 Å². The van der Waals surface area contributed by atoms with E-state index in [-0.39, 0.29) is 27.6 Å². The smallest absolute Gasteiger partial charge is 0.163 e. The summed E-state index contributed by atoms with van der Waals surface area (Å²) in [7, 11) is 0. The molecule has 0 saturated heterocycles. The van der Waals surface area contributed by atoms with Crippen molar-refractivity contribution >= 4 is 27.5 Å². The maximum Gasteiger partial charge on any atom is 0.163 e. The summed E-state index contributed by atoms with van der Waals surface area (Å²) in [6.07, 6.45) is 4.44. The van der Waals surface area contributed by atoms with Gasteiger partial charge in [-0.15, -0.1) is 0 Å². The molecule has 0 bridgehead atoms. The Labute approximate surface area is 397 Å². The van der Waals surface area contributed by atoms with Crippen molar-refractivity contribution in [2.75, 3.05) is 0 Å². The minimum Gasteiger partial charge on any atom is -0.308 e. The molecule has 5 heteroatoms. The lowest BCUT2D eigenvalue weighted by Crippen LogP contribution is -2.35. The second-order valence-electron chi connectivity index (χ2n) is 22.9. The normalized spacial score (nSPS) is 16.5. The SMILES string of the molecule is CC(C)(C)c1ccc2c(c1)-c1cc(C(C)(C)C)ccc1C2C1(c2nc(-c3ccccc3)nc(-c3ccccc3)n2)C=CC(n2c3ccc(C(C)(C)C)cc3c3cc(C(C)(C)C)ccc32)=C1C#N. The Morgan fingerprint density at radius 2 is 0.896 bits per heavy atom. The summed E-state index contributed by atoms with van der Waals surface area (Å²) in [6, 6.07) is 51.0. The summed E-state index contributed by atoms with van der Waals surface area (Å²) in [5.41, 5.74) is 13.6. The maximum absolute atomic E-state index is 12.2. The van der Waals surface area contributed by atoms with Crippen LogP contribution in [-0.2, 0) is 27.1 Å². The molecule has 2 heterocycles. The van der Waals surface area contributed by atoms with Crippen molar-refractivity contribution < 1.29 is 0 Å². The van der Waals surface area contributed by atoms with Crippen LogP contribution < -0.4 is 0 Å². The molecule has 2 aliphatic carbocycles. The molecule has 8 aromatic rings. The Morgan fingerprint density at radius 3 is 1.30 bits per heavy atom. The summed E-state index contributed by atoms with van der Waals surface area (Å²) in [6.45, 7) is 27.3. The van der Waals surface area contributed by atoms with Crippen molar-refractivity contribution in [2.24, 2.45) is 0 Å². The number of nitrogens with zero attached hydrogens (tertiary/aromatic N) is 5. The summed E-state index contributed by atoms with van der Waals surface area (Å²) < 4.78 is 2.33. The molecule has 0 N–H and O–H groups in total. The van der Waals surface area contributed by atoms with Gasteiger partial charge in [0, 0.05) is 27.8 Å². The molecule has 6 aromatic carbocycles. The van der Waals surface area contributed by atoms with Crippen molar-refractivity contribution in [3.8, 4) is 40.0 Å². The van der Waals surface area contributed by atoms with Gasteiger partial charge < -0.3 is 4.57 Å². The zero-order valence-electron chi connectivity index (χ0n) is 41.2. The van der Waals surface area contributed by atoms with Crippen LogP contribution in [0.4, 0.5) is 0 Å². The van der Waals surface area contributed by atoms with Gasteiger partial charge in [-0.05, 0) is 96.5 Å². The van der Waals surface area contributed by atoms with Crippen molar-refractivity contribution in [3.05, 3.63) is 190 Å². The van der Waals surface area contributed by atoms with Crippen LogP contribution in [0.1, 0.15) is 128 Å². The van der Waals surface area contributed by atoms with Crippen LogP contribution in [0.25, 0.3) is 61.4 Å². The topological polar surface area (TPSA) is 67.4 Å². The van der Waals surface area contributed by atoms with Gasteiger partial charge in [-0.3, -0.25) is 0 Å². The summed E-state index contributed by atoms with van der Waals surface area (Å²) in [5.74, 6) is 1.31. The van der Waals surface area contributed by atoms with Crippen LogP contribution in [0.15, 0.2) is 151 Å². The first-order valence-electron chi connectivity index (χ1n) is 23.8. The van der Waals surface area contributed by atoms with Crippen LogP contribution in [0, 0.1) is 11.3 Å². The van der Waals surface area contributed by atoms with E-state index in [0.717, 1.165) is 39.0 Å². The van der Waals surface area contributed by atoms with E-state index in [1.807, 2.05) is 36.4 Å². The predicted molar refractivity (Wildman–Crippen MR) is 278 cm³/mol. The first-order valence-corrected chi connectivity index (χ1v) is 23.8. The largest absolute Gasteiger partial charge is 0.308 e. The van der Waals surface area contributed by atoms with E-state index in [0.29, 0.717) is 23.0 Å². The van der Waals surface area contributed by atoms with E-state index in [2.05, 4.69) is 203 Å². The molecular formula is C62H61N5. The molecule has 0 aliphatic heterocycles. The highest BCUT2D eigenvalue weighted by Crippen LogP contribution is 2.60. The lowest BCUT2D eigenvalue weighted by atomic mass is 9.66. The molecule has 0 spiro atoms. The molecule has 2 aromatic heterocycles. The van der Waals surface area contributed by atoms with E-state index in [1.165, 1.54) is 44.2 Å². The summed E-state index contributed by atoms with van der Waals surface area (Å²) in [4.78, 5) is 16.2. The first kappa shape index (κ1) is 44.0. The molecule has 0 radical (unpaired) electrons. The molecule has 1 unspecified atom stereocenters. The minimum atomic E-state index is -1.16. The Hall–Kier alpha value is -6.90. The molecule has 0 saturated carbocycles. The van der Waals surface area contributed by atoms with Gasteiger partial charge >= 0.3 is 0 Å². The molecule has 0 amide bonds. The Balaban J connectivity index is 1.35. The van der Waals surface area contributed by atoms with Gasteiger partial charge in [0.1, 0.15) is 5.82 Å². The van der Waals surface area contributed by atoms with Gasteiger partial charge in [0.15, 0.2) is 11.6 Å². The average Bonchev–Trinajstić information content (AvgIpc) is 3.95. The molecule has 67 heavy (non-hydrogen) atoms. The number of allylic oxidation sites excluding steroid dienone is 4. The molecule has 5 nitrogen and oxygen atoms in total. The quantitative estimate of drug-likeness (QED) is 0.173. The van der Waals surface area contributed by atoms with Crippen LogP contribution in [0.5, 0.6) is 0 Å². The zero-order valence-corrected chi connectivity index (χ0v) is 41.2. The molecular weight excluding hydrogens is 815 g/mol. The molecule has 0 fully saturated rings. The van der Waals surface area contributed by atoms with Gasteiger partial charge in [0.25, 0.3) is 0 Å². The van der Waals surface area contributed by atoms with Gasteiger partial charge in [0.05, 0.1) is 33.8 Å². The summed E-state index contributed by atoms with van der Waals surface area (Å²) >= 11 is 0. The second kappa shape index (κ2) is 15.3. The highest BCUT2D eigenvalue weighted by molar-refractivity contribution is 6.11. The van der Waals surface area contributed by atoms with E-state index >= 15 is 0 Å². The van der Waals surface area contributed by atoms with Gasteiger partial charge in [-0.2, -0.15) is 5.26 Å². The van der Waals surface area contributed by atoms with Crippen LogP contribution >= 0.6 is 0 Å². The van der Waals surface area contributed by atoms with E-state index in [9.17, 15) is 5.26 Å². The zero-order chi connectivity index (χ0) is 47.4. The van der Waals surface area contributed by atoms with Crippen LogP contribution in [0.2, 0.25) is 0 Å². The van der Waals surface area contributed by atoms with E-state index in [4.69, 9.17) is 15.0 Å². The predicted octanol–water partition coefficient (Wildman–Crippen LogP) is 15.6. The lowest BCUT2D eigenvalue weighted by molar-refractivity contribution is 0.535. The number of aromatic nitrogens is 4. The van der Waals surface area contributed by atoms with Gasteiger partial charge in [-0.1, -0.05) is 198 Å². The van der Waals surface area contributed by atoms with Gasteiger partial charge in [0.2, 0.25) is 0 Å². The van der Waals surface area contributed by atoms with E-state index in [1.54, 1.807) is 0 Å². The fourth-order valence-corrected chi connectivity index (χ4v) is 10.4. The third-order valence-electron chi connectivity index (χ3n) is 14.3. The standard InChI is InChI=1S/C62H61N5/c1-58(2,3)40-23-27-44-46(33-40)47-34-41(59(4,5)6)24-28-45(47)54(44)62(57-65-55(38-19-15-13-16-20-38)64-56(66-57)39-21-17-14-18-22-39)32-31-53(50(62)37-63)67-51-29-25-42(60(7,8)9)35-48(51)49-36-43(61(10,11)12)26-30-52(49)67/h13-36,54H,1-12H3. The van der Waals surface area contributed by atoms with Crippen molar-refractivity contribution in [1.29, 1.82) is 5.26 Å². The van der Waals surface area contributed by atoms with Crippen molar-refractivity contribution in [2.45, 2.75) is 116 Å². The number of fused-ring (bicyclic) bond motifs is 6. The van der Waals surface area contributed by atoms with Crippen LogP contribution in [0.3, 0.4) is 0 Å². The summed E-state index contributed by atoms with van der Waals surface area (Å²) in [5, 5.41) is 14.5. The fourth-order valence-electron chi connectivity index (χ4n) is 10.4. The fraction of sp³-hybridized carbons (Fsp3) is 0.290. The third kappa shape index (κ3) is 7.24. The molecule has 2 aliphatic rings. The number of rotatable bonds is 5. The average molecular weight is 876 g/mol. The van der Waals surface area contributed by atoms with E-state index < -0.39 is 5.41 Å². The minimum absolute atomic E-state index is 0.0572. The monoisotopic (exact) mass is 875 g/mol. The highest BCUT2D eigenvalue weighted by Gasteiger charge is 2.54. The molecule has 10 rings (SSSR count).